The van der Waals surface area contributed by atoms with E-state index < -0.39 is 5.82 Å². The van der Waals surface area contributed by atoms with Gasteiger partial charge in [0.25, 0.3) is 0 Å². The minimum absolute atomic E-state index is 0.0343. The summed E-state index contributed by atoms with van der Waals surface area (Å²) in [6, 6.07) is 14.6. The molecule has 1 unspecified atom stereocenters. The molecule has 0 radical (unpaired) electrons. The van der Waals surface area contributed by atoms with Gasteiger partial charge in [0, 0.05) is 18.5 Å². The molecule has 0 saturated carbocycles. The second kappa shape index (κ2) is 9.82. The first-order chi connectivity index (χ1) is 14.7. The number of aromatic nitrogens is 2. The minimum atomic E-state index is -0.600. The van der Waals surface area contributed by atoms with Crippen molar-refractivity contribution in [1.29, 1.82) is 0 Å². The van der Waals surface area contributed by atoms with Crippen molar-refractivity contribution in [2.24, 2.45) is 0 Å². The number of hydrogen-bond acceptors (Lipinski definition) is 6. The Morgan fingerprint density at radius 2 is 2.00 bits per heavy atom. The number of phenols is 1. The maximum absolute atomic E-state index is 13.7. The van der Waals surface area contributed by atoms with Crippen LogP contribution in [0.2, 0.25) is 0 Å². The number of nitrogens with zero attached hydrogens (tertiary/aromatic N) is 3. The van der Waals surface area contributed by atoms with Crippen molar-refractivity contribution in [3.63, 3.8) is 0 Å². The maximum atomic E-state index is 13.7. The van der Waals surface area contributed by atoms with E-state index in [-0.39, 0.29) is 11.8 Å². The Hall–Kier alpha value is -2.77. The summed E-state index contributed by atoms with van der Waals surface area (Å²) in [5, 5.41) is 14.1. The van der Waals surface area contributed by atoms with Gasteiger partial charge in [0.05, 0.1) is 19.3 Å². The van der Waals surface area contributed by atoms with E-state index in [4.69, 9.17) is 9.26 Å². The average Bonchev–Trinajstić information content (AvgIpc) is 3.24. The summed E-state index contributed by atoms with van der Waals surface area (Å²) in [5.41, 5.74) is 1.70. The van der Waals surface area contributed by atoms with E-state index >= 15 is 0 Å². The largest absolute Gasteiger partial charge is 0.505 e. The van der Waals surface area contributed by atoms with Crippen LogP contribution in [0.15, 0.2) is 53.1 Å². The van der Waals surface area contributed by atoms with Crippen LogP contribution in [0.3, 0.4) is 0 Å². The molecule has 1 aromatic heterocycles. The Labute approximate surface area is 175 Å². The van der Waals surface area contributed by atoms with Crippen LogP contribution in [0, 0.1) is 5.82 Å². The zero-order valence-corrected chi connectivity index (χ0v) is 16.8. The van der Waals surface area contributed by atoms with Crippen molar-refractivity contribution in [2.75, 3.05) is 13.2 Å². The Kier molecular flexibility index (Phi) is 6.71. The van der Waals surface area contributed by atoms with Gasteiger partial charge in [0.15, 0.2) is 17.4 Å². The quantitative estimate of drug-likeness (QED) is 0.554. The van der Waals surface area contributed by atoms with Gasteiger partial charge in [-0.2, -0.15) is 4.98 Å². The maximum Gasteiger partial charge on any atom is 0.244 e. The van der Waals surface area contributed by atoms with E-state index in [0.717, 1.165) is 31.4 Å². The fraction of sp³-hybridized carbons (Fsp3) is 0.391. The summed E-state index contributed by atoms with van der Waals surface area (Å²) < 4.78 is 24.9. The molecule has 3 aromatic rings. The summed E-state index contributed by atoms with van der Waals surface area (Å²) >= 11 is 0. The SMILES string of the molecule is Oc1c(F)cccc1CN1CCCCC1c1nc(CCOCc2ccccc2)no1. The van der Waals surface area contributed by atoms with Gasteiger partial charge in [-0.1, -0.05) is 54.0 Å². The highest BCUT2D eigenvalue weighted by atomic mass is 19.1. The van der Waals surface area contributed by atoms with Gasteiger partial charge in [-0.15, -0.1) is 0 Å². The fourth-order valence-electron chi connectivity index (χ4n) is 3.80. The number of piperidine rings is 1. The zero-order valence-electron chi connectivity index (χ0n) is 16.8. The van der Waals surface area contributed by atoms with Gasteiger partial charge in [0.1, 0.15) is 0 Å². The van der Waals surface area contributed by atoms with Gasteiger partial charge in [-0.25, -0.2) is 4.39 Å². The molecule has 1 aliphatic rings. The molecule has 2 aromatic carbocycles. The summed E-state index contributed by atoms with van der Waals surface area (Å²) in [5.74, 6) is 0.307. The fourth-order valence-corrected chi connectivity index (χ4v) is 3.80. The van der Waals surface area contributed by atoms with Crippen LogP contribution in [0.5, 0.6) is 5.75 Å². The van der Waals surface area contributed by atoms with Crippen molar-refractivity contribution in [1.82, 2.24) is 15.0 Å². The van der Waals surface area contributed by atoms with Gasteiger partial charge in [-0.05, 0) is 31.0 Å². The van der Waals surface area contributed by atoms with Crippen molar-refractivity contribution < 1.29 is 18.8 Å². The first-order valence-corrected chi connectivity index (χ1v) is 10.4. The highest BCUT2D eigenvalue weighted by Crippen LogP contribution is 2.33. The van der Waals surface area contributed by atoms with Crippen LogP contribution in [0.1, 0.15) is 48.1 Å². The summed E-state index contributed by atoms with van der Waals surface area (Å²) in [4.78, 5) is 6.74. The van der Waals surface area contributed by atoms with E-state index in [1.165, 1.54) is 6.07 Å². The Balaban J connectivity index is 1.35. The Bertz CT molecular complexity index is 948. The standard InChI is InChI=1S/C23H26FN3O3/c24-19-10-6-9-18(22(19)28)15-27-13-5-4-11-20(27)23-25-21(26-30-23)12-14-29-16-17-7-2-1-3-8-17/h1-3,6-10,20,28H,4-5,11-16H2. The van der Waals surface area contributed by atoms with Crippen LogP contribution in [0.25, 0.3) is 0 Å². The number of hydrogen-bond donors (Lipinski definition) is 1. The molecule has 1 saturated heterocycles. The second-order valence-electron chi connectivity index (χ2n) is 7.57. The molecule has 30 heavy (non-hydrogen) atoms. The Morgan fingerprint density at radius 3 is 2.87 bits per heavy atom. The van der Waals surface area contributed by atoms with Crippen molar-refractivity contribution in [3.8, 4) is 5.75 Å². The van der Waals surface area contributed by atoms with Gasteiger partial charge >= 0.3 is 0 Å². The molecule has 0 bridgehead atoms. The lowest BCUT2D eigenvalue weighted by Crippen LogP contribution is -2.33. The number of benzene rings is 2. The number of halogens is 1. The predicted octanol–water partition coefficient (Wildman–Crippen LogP) is 4.40. The number of para-hydroxylation sites is 1. The van der Waals surface area contributed by atoms with Crippen molar-refractivity contribution >= 4 is 0 Å². The molecule has 0 amide bonds. The third-order valence-electron chi connectivity index (χ3n) is 5.41. The first kappa shape index (κ1) is 20.5. The van der Waals surface area contributed by atoms with Gasteiger partial charge in [-0.3, -0.25) is 4.90 Å². The zero-order chi connectivity index (χ0) is 20.8. The molecule has 6 nitrogen and oxygen atoms in total. The number of rotatable bonds is 8. The topological polar surface area (TPSA) is 71.6 Å². The second-order valence-corrected chi connectivity index (χ2v) is 7.57. The number of ether oxygens (including phenoxy) is 1. The van der Waals surface area contributed by atoms with Gasteiger partial charge < -0.3 is 14.4 Å². The lowest BCUT2D eigenvalue weighted by molar-refractivity contribution is 0.110. The molecule has 7 heteroatoms. The summed E-state index contributed by atoms with van der Waals surface area (Å²) in [7, 11) is 0. The van der Waals surface area contributed by atoms with Crippen LogP contribution in [-0.2, 0) is 24.3 Å². The molecular formula is C23H26FN3O3. The van der Waals surface area contributed by atoms with E-state index in [0.29, 0.717) is 43.5 Å². The number of aromatic hydroxyl groups is 1. The molecule has 0 aliphatic carbocycles. The molecule has 1 atom stereocenters. The minimum Gasteiger partial charge on any atom is -0.505 e. The van der Waals surface area contributed by atoms with Crippen molar-refractivity contribution in [2.45, 2.75) is 44.9 Å². The van der Waals surface area contributed by atoms with Crippen molar-refractivity contribution in [3.05, 3.63) is 77.2 Å². The van der Waals surface area contributed by atoms with E-state index in [1.807, 2.05) is 30.3 Å². The van der Waals surface area contributed by atoms with Crippen LogP contribution in [-0.4, -0.2) is 33.3 Å². The molecule has 1 aliphatic heterocycles. The molecule has 1 fully saturated rings. The van der Waals surface area contributed by atoms with E-state index in [2.05, 4.69) is 15.0 Å². The average molecular weight is 411 g/mol. The van der Waals surface area contributed by atoms with Crippen LogP contribution >= 0.6 is 0 Å². The summed E-state index contributed by atoms with van der Waals surface area (Å²) in [6.07, 6.45) is 3.57. The molecule has 158 valence electrons. The predicted molar refractivity (Wildman–Crippen MR) is 109 cm³/mol. The lowest BCUT2D eigenvalue weighted by Gasteiger charge is -2.33. The summed E-state index contributed by atoms with van der Waals surface area (Å²) in [6.45, 7) is 2.34. The monoisotopic (exact) mass is 411 g/mol. The first-order valence-electron chi connectivity index (χ1n) is 10.4. The molecule has 4 rings (SSSR count). The number of phenolic OH excluding ortho intramolecular Hbond substituents is 1. The molecule has 1 N–H and O–H groups in total. The Morgan fingerprint density at radius 1 is 1.13 bits per heavy atom. The number of likely N-dealkylation sites (tertiary alicyclic amines) is 1. The molecule has 0 spiro atoms. The third kappa shape index (κ3) is 5.04. The third-order valence-corrected chi connectivity index (χ3v) is 5.41. The highest BCUT2D eigenvalue weighted by Gasteiger charge is 2.29. The molecular weight excluding hydrogens is 385 g/mol. The van der Waals surface area contributed by atoms with Crippen LogP contribution in [0.4, 0.5) is 4.39 Å². The van der Waals surface area contributed by atoms with Crippen LogP contribution < -0.4 is 0 Å². The lowest BCUT2D eigenvalue weighted by atomic mass is 10.0. The van der Waals surface area contributed by atoms with E-state index in [1.54, 1.807) is 12.1 Å². The molecule has 2 heterocycles. The van der Waals surface area contributed by atoms with E-state index in [9.17, 15) is 9.50 Å². The highest BCUT2D eigenvalue weighted by molar-refractivity contribution is 5.33. The normalized spacial score (nSPS) is 17.3. The smallest absolute Gasteiger partial charge is 0.244 e. The van der Waals surface area contributed by atoms with Gasteiger partial charge in [0.2, 0.25) is 5.89 Å².